The third-order valence-electron chi connectivity index (χ3n) is 5.86. The van der Waals surface area contributed by atoms with Crippen LogP contribution in [0.4, 0.5) is 0 Å². The zero-order chi connectivity index (χ0) is 18.6. The van der Waals surface area contributed by atoms with Crippen molar-refractivity contribution in [2.75, 3.05) is 32.7 Å². The van der Waals surface area contributed by atoms with Crippen LogP contribution in [0.2, 0.25) is 0 Å². The molecule has 6 nitrogen and oxygen atoms in total. The second kappa shape index (κ2) is 8.05. The van der Waals surface area contributed by atoms with Gasteiger partial charge in [0.2, 0.25) is 5.91 Å². The van der Waals surface area contributed by atoms with Crippen LogP contribution in [0.5, 0.6) is 0 Å². The Bertz CT molecular complexity index is 841. The number of piperidine rings is 1. The molecule has 27 heavy (non-hydrogen) atoms. The van der Waals surface area contributed by atoms with Gasteiger partial charge in [-0.15, -0.1) is 0 Å². The molecule has 0 unspecified atom stereocenters. The highest BCUT2D eigenvalue weighted by atomic mass is 16.2. The van der Waals surface area contributed by atoms with Crippen molar-refractivity contribution in [1.29, 1.82) is 0 Å². The first kappa shape index (κ1) is 17.9. The minimum Gasteiger partial charge on any atom is -0.341 e. The van der Waals surface area contributed by atoms with E-state index in [1.54, 1.807) is 0 Å². The van der Waals surface area contributed by atoms with Crippen molar-refractivity contribution in [3.05, 3.63) is 63.8 Å². The Kier molecular flexibility index (Phi) is 5.34. The van der Waals surface area contributed by atoms with Gasteiger partial charge in [-0.1, -0.05) is 30.3 Å². The topological polar surface area (TPSA) is 69.3 Å². The lowest BCUT2D eigenvalue weighted by Crippen LogP contribution is -2.44. The summed E-state index contributed by atoms with van der Waals surface area (Å²) in [5, 5.41) is 0. The van der Waals surface area contributed by atoms with Crippen molar-refractivity contribution < 1.29 is 4.79 Å². The van der Waals surface area contributed by atoms with Crippen LogP contribution in [0.1, 0.15) is 35.6 Å². The Hall–Kier alpha value is -2.47. The number of hydrogen-bond acceptors (Lipinski definition) is 4. The number of aromatic amines is 1. The molecule has 6 heteroatoms. The van der Waals surface area contributed by atoms with Gasteiger partial charge >= 0.3 is 0 Å². The number of fused-ring (bicyclic) bond motifs is 1. The average molecular weight is 366 g/mol. The second-order valence-corrected chi connectivity index (χ2v) is 7.50. The van der Waals surface area contributed by atoms with Crippen molar-refractivity contribution in [2.45, 2.75) is 31.6 Å². The minimum absolute atomic E-state index is 0.0720. The Morgan fingerprint density at radius 2 is 1.81 bits per heavy atom. The van der Waals surface area contributed by atoms with Crippen LogP contribution in [0.3, 0.4) is 0 Å². The van der Waals surface area contributed by atoms with E-state index in [-0.39, 0.29) is 11.5 Å². The van der Waals surface area contributed by atoms with Crippen molar-refractivity contribution in [2.24, 2.45) is 0 Å². The molecule has 0 spiro atoms. The average Bonchev–Trinajstić information content (AvgIpc) is 2.93. The van der Waals surface area contributed by atoms with Crippen LogP contribution in [-0.2, 0) is 17.6 Å². The molecule has 4 rings (SSSR count). The lowest BCUT2D eigenvalue weighted by Gasteiger charge is -2.33. The number of amides is 1. The summed E-state index contributed by atoms with van der Waals surface area (Å²) in [4.78, 5) is 35.8. The number of benzene rings is 1. The van der Waals surface area contributed by atoms with E-state index in [2.05, 4.69) is 45.2 Å². The van der Waals surface area contributed by atoms with Crippen molar-refractivity contribution in [1.82, 2.24) is 19.8 Å². The van der Waals surface area contributed by atoms with Crippen molar-refractivity contribution in [3.63, 3.8) is 0 Å². The van der Waals surface area contributed by atoms with E-state index >= 15 is 0 Å². The summed E-state index contributed by atoms with van der Waals surface area (Å²) < 4.78 is 0. The quantitative estimate of drug-likeness (QED) is 0.895. The maximum Gasteiger partial charge on any atom is 0.254 e. The molecule has 2 aliphatic rings. The largest absolute Gasteiger partial charge is 0.341 e. The van der Waals surface area contributed by atoms with Gasteiger partial charge in [0.25, 0.3) is 5.56 Å². The third kappa shape index (κ3) is 4.11. The molecule has 1 fully saturated rings. The number of aromatic nitrogens is 2. The normalized spacial score (nSPS) is 18.7. The smallest absolute Gasteiger partial charge is 0.254 e. The zero-order valence-corrected chi connectivity index (χ0v) is 15.6. The summed E-state index contributed by atoms with van der Waals surface area (Å²) in [6.45, 7) is 3.63. The molecule has 1 aromatic heterocycles. The summed E-state index contributed by atoms with van der Waals surface area (Å²) in [6.07, 6.45) is 4.89. The van der Waals surface area contributed by atoms with Crippen LogP contribution >= 0.6 is 0 Å². The number of nitrogens with one attached hydrogen (secondary N) is 1. The molecule has 0 bridgehead atoms. The van der Waals surface area contributed by atoms with E-state index in [9.17, 15) is 9.59 Å². The molecule has 1 amide bonds. The number of nitrogens with zero attached hydrogens (tertiary/aromatic N) is 3. The molecule has 0 saturated carbocycles. The van der Waals surface area contributed by atoms with E-state index in [1.165, 1.54) is 11.9 Å². The number of H-pyrrole nitrogens is 1. The van der Waals surface area contributed by atoms with Gasteiger partial charge in [0.1, 0.15) is 0 Å². The number of rotatable bonds is 3. The van der Waals surface area contributed by atoms with Gasteiger partial charge < -0.3 is 9.88 Å². The first-order valence-corrected chi connectivity index (χ1v) is 9.81. The van der Waals surface area contributed by atoms with E-state index in [4.69, 9.17) is 0 Å². The summed E-state index contributed by atoms with van der Waals surface area (Å²) >= 11 is 0. The number of carbonyl (C=O) groups excluding carboxylic acids is 1. The fourth-order valence-electron chi connectivity index (χ4n) is 4.23. The fourth-order valence-corrected chi connectivity index (χ4v) is 4.23. The summed E-state index contributed by atoms with van der Waals surface area (Å²) in [7, 11) is 0. The molecule has 142 valence electrons. The van der Waals surface area contributed by atoms with Crippen LogP contribution in [-0.4, -0.2) is 58.4 Å². The third-order valence-corrected chi connectivity index (χ3v) is 5.86. The highest BCUT2D eigenvalue weighted by Crippen LogP contribution is 2.27. The molecule has 1 saturated heterocycles. The van der Waals surface area contributed by atoms with E-state index in [0.717, 1.165) is 37.2 Å². The van der Waals surface area contributed by atoms with Gasteiger partial charge in [-0.2, -0.15) is 0 Å². The predicted molar refractivity (Wildman–Crippen MR) is 104 cm³/mol. The highest BCUT2D eigenvalue weighted by Gasteiger charge is 2.25. The minimum atomic E-state index is -0.0720. The Morgan fingerprint density at radius 3 is 2.59 bits per heavy atom. The fraction of sp³-hybridized carbons (Fsp3) is 0.476. The molecule has 0 radical (unpaired) electrons. The summed E-state index contributed by atoms with van der Waals surface area (Å²) in [6, 6.07) is 10.7. The lowest BCUT2D eigenvalue weighted by atomic mass is 9.89. The zero-order valence-electron chi connectivity index (χ0n) is 15.6. The number of likely N-dealkylation sites (tertiary alicyclic amines) is 1. The molecule has 2 aromatic rings. The van der Waals surface area contributed by atoms with E-state index in [1.807, 2.05) is 4.90 Å². The number of hydrogen-bond donors (Lipinski definition) is 1. The van der Waals surface area contributed by atoms with E-state index < -0.39 is 0 Å². The van der Waals surface area contributed by atoms with Crippen LogP contribution < -0.4 is 5.56 Å². The molecule has 2 aliphatic heterocycles. The first-order valence-electron chi connectivity index (χ1n) is 9.81. The standard InChI is InChI=1S/C21H26N4O2/c26-20(25-12-8-18-19(9-13-25)22-15-23-21(18)27)14-24-10-6-17(7-11-24)16-4-2-1-3-5-16/h1-5,15,17H,6-14H2,(H,22,23,27). The number of carbonyl (C=O) groups is 1. The summed E-state index contributed by atoms with van der Waals surface area (Å²) in [5.74, 6) is 0.764. The first-order chi connectivity index (χ1) is 13.2. The van der Waals surface area contributed by atoms with Gasteiger partial charge in [0.05, 0.1) is 18.6 Å². The van der Waals surface area contributed by atoms with Gasteiger partial charge in [0.15, 0.2) is 0 Å². The van der Waals surface area contributed by atoms with Gasteiger partial charge in [-0.25, -0.2) is 4.98 Å². The SMILES string of the molecule is O=C(CN1CCC(c2ccccc2)CC1)N1CCc2nc[nH]c(=O)c2CC1. The molecule has 1 N–H and O–H groups in total. The Morgan fingerprint density at radius 1 is 1.07 bits per heavy atom. The lowest BCUT2D eigenvalue weighted by molar-refractivity contribution is -0.132. The van der Waals surface area contributed by atoms with Crippen LogP contribution in [0.25, 0.3) is 0 Å². The van der Waals surface area contributed by atoms with E-state index in [0.29, 0.717) is 38.4 Å². The molecule has 3 heterocycles. The maximum atomic E-state index is 12.8. The summed E-state index contributed by atoms with van der Waals surface area (Å²) in [5.41, 5.74) is 2.90. The van der Waals surface area contributed by atoms with Gasteiger partial charge in [0, 0.05) is 25.1 Å². The Balaban J connectivity index is 1.30. The highest BCUT2D eigenvalue weighted by molar-refractivity contribution is 5.78. The molecule has 1 aromatic carbocycles. The van der Waals surface area contributed by atoms with Crippen LogP contribution in [0, 0.1) is 0 Å². The van der Waals surface area contributed by atoms with Crippen molar-refractivity contribution in [3.8, 4) is 0 Å². The van der Waals surface area contributed by atoms with Gasteiger partial charge in [-0.05, 0) is 43.8 Å². The Labute approximate surface area is 159 Å². The molecule has 0 atom stereocenters. The second-order valence-electron chi connectivity index (χ2n) is 7.50. The maximum absolute atomic E-state index is 12.8. The monoisotopic (exact) mass is 366 g/mol. The molecular formula is C21H26N4O2. The predicted octanol–water partition coefficient (Wildman–Crippen LogP) is 1.58. The van der Waals surface area contributed by atoms with Gasteiger partial charge in [-0.3, -0.25) is 14.5 Å². The van der Waals surface area contributed by atoms with Crippen LogP contribution in [0.15, 0.2) is 41.5 Å². The van der Waals surface area contributed by atoms with Crippen molar-refractivity contribution >= 4 is 5.91 Å². The molecule has 0 aliphatic carbocycles. The molecular weight excluding hydrogens is 340 g/mol.